The lowest BCUT2D eigenvalue weighted by atomic mass is 10.2. The Balaban J connectivity index is 1.91. The van der Waals surface area contributed by atoms with Gasteiger partial charge in [0.2, 0.25) is 5.28 Å². The van der Waals surface area contributed by atoms with E-state index in [1.165, 1.54) is 0 Å². The molecule has 1 saturated heterocycles. The number of hydrogen-bond acceptors (Lipinski definition) is 6. The smallest absolute Gasteiger partial charge is 0.226 e. The van der Waals surface area contributed by atoms with E-state index in [2.05, 4.69) is 53.8 Å². The number of methoxy groups -OCH3 is 1. The van der Waals surface area contributed by atoms with E-state index in [9.17, 15) is 0 Å². The number of nitrogens with zero attached hydrogens (tertiary/aromatic N) is 5. The molecule has 7 nitrogen and oxygen atoms in total. The van der Waals surface area contributed by atoms with Crippen LogP contribution in [0.1, 0.15) is 39.3 Å². The van der Waals surface area contributed by atoms with Crippen LogP contribution in [0.25, 0.3) is 11.0 Å². The zero-order chi connectivity index (χ0) is 21.4. The third-order valence-electron chi connectivity index (χ3n) is 6.32. The highest BCUT2D eigenvalue weighted by Gasteiger charge is 2.39. The number of hydrogen-bond donors (Lipinski definition) is 0. The Morgan fingerprint density at radius 1 is 1.24 bits per heavy atom. The van der Waals surface area contributed by atoms with E-state index in [0.717, 1.165) is 48.5 Å². The Morgan fingerprint density at radius 2 is 1.97 bits per heavy atom. The third kappa shape index (κ3) is 4.60. The fourth-order valence-corrected chi connectivity index (χ4v) is 4.75. The maximum absolute atomic E-state index is 6.54. The Kier molecular flexibility index (Phi) is 6.58. The minimum atomic E-state index is -1.81. The normalized spacial score (nSPS) is 18.2. The average Bonchev–Trinajstić information content (AvgIpc) is 3.21. The molecule has 1 unspecified atom stereocenters. The van der Waals surface area contributed by atoms with E-state index >= 15 is 0 Å². The summed E-state index contributed by atoms with van der Waals surface area (Å²) in [6.45, 7) is 16.3. The molecular formula is C20H34ClN5O2Si. The molecule has 0 saturated carbocycles. The summed E-state index contributed by atoms with van der Waals surface area (Å²) in [5.74, 6) is 0.877. The second-order valence-electron chi connectivity index (χ2n) is 9.38. The number of aryl methyl sites for hydroxylation is 1. The van der Waals surface area contributed by atoms with Crippen LogP contribution in [0.5, 0.6) is 0 Å². The minimum absolute atomic E-state index is 0.195. The molecule has 0 bridgehead atoms. The van der Waals surface area contributed by atoms with Crippen LogP contribution in [-0.4, -0.2) is 61.0 Å². The molecule has 2 aromatic heterocycles. The predicted molar refractivity (Wildman–Crippen MR) is 120 cm³/mol. The maximum Gasteiger partial charge on any atom is 0.226 e. The van der Waals surface area contributed by atoms with Crippen molar-refractivity contribution >= 4 is 36.8 Å². The Morgan fingerprint density at radius 3 is 2.62 bits per heavy atom. The molecular weight excluding hydrogens is 406 g/mol. The molecule has 0 radical (unpaired) electrons. The molecule has 2 aromatic rings. The average molecular weight is 440 g/mol. The van der Waals surface area contributed by atoms with E-state index in [0.29, 0.717) is 19.2 Å². The van der Waals surface area contributed by atoms with Crippen molar-refractivity contribution in [1.82, 2.24) is 19.7 Å². The van der Waals surface area contributed by atoms with Crippen molar-refractivity contribution in [2.45, 2.75) is 71.3 Å². The van der Waals surface area contributed by atoms with Crippen molar-refractivity contribution in [3.63, 3.8) is 0 Å². The highest BCUT2D eigenvalue weighted by molar-refractivity contribution is 6.74. The molecule has 0 N–H and O–H groups in total. The van der Waals surface area contributed by atoms with Gasteiger partial charge >= 0.3 is 0 Å². The first-order valence-corrected chi connectivity index (χ1v) is 13.6. The van der Waals surface area contributed by atoms with Crippen molar-refractivity contribution in [1.29, 1.82) is 0 Å². The van der Waals surface area contributed by atoms with Gasteiger partial charge in [0.05, 0.1) is 36.9 Å². The minimum Gasteiger partial charge on any atom is -0.415 e. The van der Waals surface area contributed by atoms with Crippen LogP contribution in [0.15, 0.2) is 0 Å². The van der Waals surface area contributed by atoms with Gasteiger partial charge in [-0.15, -0.1) is 0 Å². The van der Waals surface area contributed by atoms with Crippen LogP contribution in [0.4, 0.5) is 5.82 Å². The number of rotatable bonds is 7. The van der Waals surface area contributed by atoms with E-state index in [1.54, 1.807) is 7.11 Å². The van der Waals surface area contributed by atoms with Crippen LogP contribution in [-0.2, 0) is 15.7 Å². The van der Waals surface area contributed by atoms with Gasteiger partial charge in [-0.05, 0) is 49.5 Å². The van der Waals surface area contributed by atoms with Gasteiger partial charge in [-0.2, -0.15) is 15.1 Å². The number of aromatic nitrogens is 4. The summed E-state index contributed by atoms with van der Waals surface area (Å²) >= 11 is 6.33. The highest BCUT2D eigenvalue weighted by atomic mass is 35.5. The van der Waals surface area contributed by atoms with E-state index < -0.39 is 8.32 Å². The summed E-state index contributed by atoms with van der Waals surface area (Å²) in [7, 11) is -0.121. The van der Waals surface area contributed by atoms with Gasteiger partial charge in [0.25, 0.3) is 0 Å². The summed E-state index contributed by atoms with van der Waals surface area (Å²) in [5.41, 5.74) is 1.68. The molecule has 1 aliphatic heterocycles. The topological polar surface area (TPSA) is 65.3 Å². The summed E-state index contributed by atoms with van der Waals surface area (Å²) in [6, 6.07) is 0.292. The molecule has 9 heteroatoms. The van der Waals surface area contributed by atoms with Crippen molar-refractivity contribution in [2.24, 2.45) is 0 Å². The van der Waals surface area contributed by atoms with Crippen LogP contribution < -0.4 is 4.90 Å². The maximum atomic E-state index is 6.54. The third-order valence-corrected chi connectivity index (χ3v) is 11.0. The highest BCUT2D eigenvalue weighted by Crippen LogP contribution is 2.38. The summed E-state index contributed by atoms with van der Waals surface area (Å²) in [5, 5.41) is 6.09. The van der Waals surface area contributed by atoms with Gasteiger partial charge in [-0.3, -0.25) is 0 Å². The number of anilines is 1. The molecule has 3 heterocycles. The Labute approximate surface area is 179 Å². The van der Waals surface area contributed by atoms with Crippen molar-refractivity contribution in [3.05, 3.63) is 11.0 Å². The van der Waals surface area contributed by atoms with Crippen LogP contribution in [0, 0.1) is 6.92 Å². The number of fused-ring (bicyclic) bond motifs is 1. The molecule has 3 rings (SSSR count). The first-order valence-electron chi connectivity index (χ1n) is 10.4. The lowest BCUT2D eigenvalue weighted by Crippen LogP contribution is -2.45. The van der Waals surface area contributed by atoms with Gasteiger partial charge < -0.3 is 14.1 Å². The molecule has 0 aliphatic carbocycles. The molecule has 1 fully saturated rings. The SMILES string of the molecule is COCCn1nc(C)c2c(N3CCCC3CO[Si](C)(C)C(C)(C)C)nc(Cl)nc21. The summed E-state index contributed by atoms with van der Waals surface area (Å²) in [6.07, 6.45) is 2.21. The second-order valence-corrected chi connectivity index (χ2v) is 14.5. The monoisotopic (exact) mass is 439 g/mol. The van der Waals surface area contributed by atoms with Crippen LogP contribution in [0.3, 0.4) is 0 Å². The first kappa shape index (κ1) is 22.5. The van der Waals surface area contributed by atoms with Crippen molar-refractivity contribution in [3.8, 4) is 0 Å². The molecule has 1 atom stereocenters. The molecule has 29 heavy (non-hydrogen) atoms. The molecule has 1 aliphatic rings. The van der Waals surface area contributed by atoms with E-state index in [-0.39, 0.29) is 10.3 Å². The fourth-order valence-electron chi connectivity index (χ4n) is 3.55. The quantitative estimate of drug-likeness (QED) is 0.469. The van der Waals surface area contributed by atoms with Gasteiger partial charge in [-0.1, -0.05) is 20.8 Å². The lowest BCUT2D eigenvalue weighted by Gasteiger charge is -2.38. The zero-order valence-electron chi connectivity index (χ0n) is 18.8. The van der Waals surface area contributed by atoms with Gasteiger partial charge in [0.15, 0.2) is 14.0 Å². The summed E-state index contributed by atoms with van der Waals surface area (Å²) in [4.78, 5) is 11.5. The predicted octanol–water partition coefficient (Wildman–Crippen LogP) is 4.43. The van der Waals surface area contributed by atoms with E-state index in [4.69, 9.17) is 20.8 Å². The Hall–Kier alpha value is -1.22. The lowest BCUT2D eigenvalue weighted by molar-refractivity contribution is 0.184. The van der Waals surface area contributed by atoms with Gasteiger partial charge in [0.1, 0.15) is 5.82 Å². The fraction of sp³-hybridized carbons (Fsp3) is 0.750. The number of halogens is 1. The van der Waals surface area contributed by atoms with Gasteiger partial charge in [0, 0.05) is 13.7 Å². The largest absolute Gasteiger partial charge is 0.415 e. The van der Waals surface area contributed by atoms with Crippen molar-refractivity contribution in [2.75, 3.05) is 31.8 Å². The van der Waals surface area contributed by atoms with Crippen LogP contribution >= 0.6 is 11.6 Å². The molecule has 0 spiro atoms. The standard InChI is InChI=1S/C20H34ClN5O2Si/c1-14-16-17(22-19(21)23-18(16)26(24-14)11-12-27-5)25-10-8-9-15(25)13-28-29(6,7)20(2,3)4/h15H,8-13H2,1-7H3. The zero-order valence-corrected chi connectivity index (χ0v) is 20.5. The van der Waals surface area contributed by atoms with Crippen molar-refractivity contribution < 1.29 is 9.16 Å². The molecule has 0 aromatic carbocycles. The molecule has 0 amide bonds. The Bertz CT molecular complexity index is 865. The van der Waals surface area contributed by atoms with E-state index in [1.807, 2.05) is 11.6 Å². The van der Waals surface area contributed by atoms with Gasteiger partial charge in [-0.25, -0.2) is 4.68 Å². The first-order chi connectivity index (χ1) is 13.5. The van der Waals surface area contributed by atoms with Crippen LogP contribution in [0.2, 0.25) is 23.4 Å². The second kappa shape index (κ2) is 8.49. The summed E-state index contributed by atoms with van der Waals surface area (Å²) < 4.78 is 13.6. The molecule has 162 valence electrons. The number of ether oxygens (including phenoxy) is 1.